The van der Waals surface area contributed by atoms with E-state index >= 15 is 0 Å². The summed E-state index contributed by atoms with van der Waals surface area (Å²) in [7, 11) is 0. The van der Waals surface area contributed by atoms with Crippen molar-refractivity contribution in [2.24, 2.45) is 0 Å². The van der Waals surface area contributed by atoms with Crippen LogP contribution >= 0.6 is 0 Å². The van der Waals surface area contributed by atoms with E-state index < -0.39 is 0 Å². The van der Waals surface area contributed by atoms with Crippen LogP contribution < -0.4 is 5.32 Å². The standard InChI is InChI=1S/C18H22N2O2/c1-2-3-13-22-18(21)20-12-10-15-6-8-16(9-7-15)17-5-4-11-19-14-17/h4-9,11,14H,2-3,10,12-13H2,1H3,(H,20,21). The lowest BCUT2D eigenvalue weighted by atomic mass is 10.0. The molecule has 1 aromatic carbocycles. The number of benzene rings is 1. The van der Waals surface area contributed by atoms with Gasteiger partial charge in [-0.25, -0.2) is 4.79 Å². The maximum atomic E-state index is 11.4. The molecule has 0 saturated carbocycles. The van der Waals surface area contributed by atoms with Gasteiger partial charge in [-0.15, -0.1) is 0 Å². The van der Waals surface area contributed by atoms with Gasteiger partial charge in [-0.3, -0.25) is 4.98 Å². The van der Waals surface area contributed by atoms with Crippen molar-refractivity contribution in [3.05, 3.63) is 54.4 Å². The third-order valence-electron chi connectivity index (χ3n) is 3.36. The Hall–Kier alpha value is -2.36. The van der Waals surface area contributed by atoms with Crippen LogP contribution in [0.2, 0.25) is 0 Å². The minimum absolute atomic E-state index is 0.333. The average molecular weight is 298 g/mol. The van der Waals surface area contributed by atoms with Crippen LogP contribution in [0.4, 0.5) is 4.79 Å². The second kappa shape index (κ2) is 8.82. The van der Waals surface area contributed by atoms with E-state index in [9.17, 15) is 4.79 Å². The third-order valence-corrected chi connectivity index (χ3v) is 3.36. The number of amides is 1. The first-order chi connectivity index (χ1) is 10.8. The van der Waals surface area contributed by atoms with Crippen LogP contribution in [0.3, 0.4) is 0 Å². The van der Waals surface area contributed by atoms with E-state index in [1.165, 1.54) is 5.56 Å². The third kappa shape index (κ3) is 5.20. The molecule has 2 rings (SSSR count). The Kier molecular flexibility index (Phi) is 6.42. The van der Waals surface area contributed by atoms with Crippen LogP contribution in [0.25, 0.3) is 11.1 Å². The van der Waals surface area contributed by atoms with E-state index in [2.05, 4.69) is 41.5 Å². The summed E-state index contributed by atoms with van der Waals surface area (Å²) >= 11 is 0. The largest absolute Gasteiger partial charge is 0.450 e. The zero-order valence-corrected chi connectivity index (χ0v) is 12.9. The monoisotopic (exact) mass is 298 g/mol. The summed E-state index contributed by atoms with van der Waals surface area (Å²) in [5.74, 6) is 0. The van der Waals surface area contributed by atoms with Crippen LogP contribution in [-0.4, -0.2) is 24.2 Å². The molecule has 0 unspecified atom stereocenters. The zero-order valence-electron chi connectivity index (χ0n) is 12.9. The topological polar surface area (TPSA) is 51.2 Å². The van der Waals surface area contributed by atoms with Crippen LogP contribution in [-0.2, 0) is 11.2 Å². The number of carbonyl (C=O) groups is 1. The molecule has 0 spiro atoms. The van der Waals surface area contributed by atoms with Crippen molar-refractivity contribution in [3.8, 4) is 11.1 Å². The molecule has 0 aliphatic heterocycles. The lowest BCUT2D eigenvalue weighted by molar-refractivity contribution is 0.144. The molecular weight excluding hydrogens is 276 g/mol. The summed E-state index contributed by atoms with van der Waals surface area (Å²) in [6, 6.07) is 12.3. The number of nitrogens with one attached hydrogen (secondary N) is 1. The van der Waals surface area contributed by atoms with E-state index in [0.29, 0.717) is 13.2 Å². The van der Waals surface area contributed by atoms with Gasteiger partial charge in [-0.2, -0.15) is 0 Å². The number of carbonyl (C=O) groups excluding carboxylic acids is 1. The minimum Gasteiger partial charge on any atom is -0.450 e. The lowest BCUT2D eigenvalue weighted by Gasteiger charge is -2.07. The molecule has 4 nitrogen and oxygen atoms in total. The van der Waals surface area contributed by atoms with E-state index in [1.54, 1.807) is 6.20 Å². The van der Waals surface area contributed by atoms with E-state index in [1.807, 2.05) is 18.3 Å². The number of pyridine rings is 1. The molecule has 22 heavy (non-hydrogen) atoms. The highest BCUT2D eigenvalue weighted by Crippen LogP contribution is 2.18. The number of nitrogens with zero attached hydrogens (tertiary/aromatic N) is 1. The molecule has 0 fully saturated rings. The fourth-order valence-electron chi connectivity index (χ4n) is 2.07. The second-order valence-electron chi connectivity index (χ2n) is 5.10. The quantitative estimate of drug-likeness (QED) is 0.791. The van der Waals surface area contributed by atoms with Crippen molar-refractivity contribution >= 4 is 6.09 Å². The molecule has 0 radical (unpaired) electrons. The smallest absolute Gasteiger partial charge is 0.407 e. The SMILES string of the molecule is CCCCOC(=O)NCCc1ccc(-c2cccnc2)cc1. The molecule has 0 saturated heterocycles. The molecule has 1 N–H and O–H groups in total. The van der Waals surface area contributed by atoms with Gasteiger partial charge >= 0.3 is 6.09 Å². The maximum Gasteiger partial charge on any atom is 0.407 e. The predicted octanol–water partition coefficient (Wildman–Crippen LogP) is 3.82. The summed E-state index contributed by atoms with van der Waals surface area (Å²) in [6.07, 6.45) is 6.00. The van der Waals surface area contributed by atoms with Gasteiger partial charge in [-0.05, 0) is 35.6 Å². The summed E-state index contributed by atoms with van der Waals surface area (Å²) in [5, 5.41) is 2.77. The molecule has 116 valence electrons. The van der Waals surface area contributed by atoms with Crippen molar-refractivity contribution in [2.45, 2.75) is 26.2 Å². The number of alkyl carbamates (subject to hydrolysis) is 1. The summed E-state index contributed by atoms with van der Waals surface area (Å²) < 4.78 is 5.04. The van der Waals surface area contributed by atoms with Gasteiger partial charge in [-0.1, -0.05) is 43.7 Å². The van der Waals surface area contributed by atoms with E-state index in [4.69, 9.17) is 4.74 Å². The Morgan fingerprint density at radius 1 is 1.18 bits per heavy atom. The Morgan fingerprint density at radius 3 is 2.68 bits per heavy atom. The Labute approximate surface area is 131 Å². The molecule has 1 aromatic heterocycles. The number of aromatic nitrogens is 1. The van der Waals surface area contributed by atoms with Gasteiger partial charge in [0, 0.05) is 18.9 Å². The molecular formula is C18H22N2O2. The van der Waals surface area contributed by atoms with Gasteiger partial charge < -0.3 is 10.1 Å². The van der Waals surface area contributed by atoms with Crippen LogP contribution in [0, 0.1) is 0 Å². The average Bonchev–Trinajstić information content (AvgIpc) is 2.57. The maximum absolute atomic E-state index is 11.4. The highest BCUT2D eigenvalue weighted by molar-refractivity contribution is 5.67. The van der Waals surface area contributed by atoms with Gasteiger partial charge in [0.05, 0.1) is 6.61 Å². The molecule has 0 aliphatic rings. The van der Waals surface area contributed by atoms with Crippen molar-refractivity contribution in [1.82, 2.24) is 10.3 Å². The molecule has 4 heteroatoms. The van der Waals surface area contributed by atoms with Gasteiger partial charge in [0.1, 0.15) is 0 Å². The number of hydrogen-bond acceptors (Lipinski definition) is 3. The second-order valence-corrected chi connectivity index (χ2v) is 5.10. The highest BCUT2D eigenvalue weighted by Gasteiger charge is 2.02. The van der Waals surface area contributed by atoms with Crippen molar-refractivity contribution < 1.29 is 9.53 Å². The fraction of sp³-hybridized carbons (Fsp3) is 0.333. The molecule has 2 aromatic rings. The first kappa shape index (κ1) is 16.0. The summed E-state index contributed by atoms with van der Waals surface area (Å²) in [6.45, 7) is 3.13. The summed E-state index contributed by atoms with van der Waals surface area (Å²) in [4.78, 5) is 15.5. The van der Waals surface area contributed by atoms with Crippen LogP contribution in [0.5, 0.6) is 0 Å². The molecule has 0 bridgehead atoms. The van der Waals surface area contributed by atoms with Crippen molar-refractivity contribution in [1.29, 1.82) is 0 Å². The Bertz CT molecular complexity index is 567. The number of hydrogen-bond donors (Lipinski definition) is 1. The Balaban J connectivity index is 1.76. The van der Waals surface area contributed by atoms with Crippen LogP contribution in [0.15, 0.2) is 48.8 Å². The van der Waals surface area contributed by atoms with Crippen molar-refractivity contribution in [2.75, 3.05) is 13.2 Å². The fourth-order valence-corrected chi connectivity index (χ4v) is 2.07. The number of rotatable bonds is 7. The molecule has 1 heterocycles. The first-order valence-corrected chi connectivity index (χ1v) is 7.69. The highest BCUT2D eigenvalue weighted by atomic mass is 16.5. The molecule has 1 amide bonds. The van der Waals surface area contributed by atoms with E-state index in [-0.39, 0.29) is 6.09 Å². The number of ether oxygens (including phenoxy) is 1. The lowest BCUT2D eigenvalue weighted by Crippen LogP contribution is -2.26. The van der Waals surface area contributed by atoms with Gasteiger partial charge in [0.15, 0.2) is 0 Å². The minimum atomic E-state index is -0.333. The first-order valence-electron chi connectivity index (χ1n) is 7.69. The predicted molar refractivity (Wildman–Crippen MR) is 87.6 cm³/mol. The van der Waals surface area contributed by atoms with Crippen LogP contribution in [0.1, 0.15) is 25.3 Å². The molecule has 0 atom stereocenters. The van der Waals surface area contributed by atoms with Gasteiger partial charge in [0.25, 0.3) is 0 Å². The normalized spacial score (nSPS) is 10.2. The van der Waals surface area contributed by atoms with E-state index in [0.717, 1.165) is 30.4 Å². The zero-order chi connectivity index (χ0) is 15.6. The number of unbranched alkanes of at least 4 members (excludes halogenated alkanes) is 1. The Morgan fingerprint density at radius 2 is 2.00 bits per heavy atom. The summed E-state index contributed by atoms with van der Waals surface area (Å²) in [5.41, 5.74) is 3.43. The van der Waals surface area contributed by atoms with Gasteiger partial charge in [0.2, 0.25) is 0 Å². The van der Waals surface area contributed by atoms with Crippen molar-refractivity contribution in [3.63, 3.8) is 0 Å². The molecule has 0 aliphatic carbocycles.